The molecule has 1 aromatic rings. The third kappa shape index (κ3) is 3.27. The molecule has 1 fully saturated rings. The first kappa shape index (κ1) is 12.5. The summed E-state index contributed by atoms with van der Waals surface area (Å²) in [7, 11) is 0. The van der Waals surface area contributed by atoms with Gasteiger partial charge >= 0.3 is 0 Å². The molecule has 0 saturated heterocycles. The molecule has 2 rings (SSSR count). The van der Waals surface area contributed by atoms with Crippen LogP contribution in [-0.4, -0.2) is 18.2 Å². The summed E-state index contributed by atoms with van der Waals surface area (Å²) in [6.07, 6.45) is 3.30. The fourth-order valence-corrected chi connectivity index (χ4v) is 2.27. The van der Waals surface area contributed by atoms with Gasteiger partial charge < -0.3 is 10.4 Å². The summed E-state index contributed by atoms with van der Waals surface area (Å²) in [5.41, 5.74) is 1.18. The minimum atomic E-state index is -0.556. The van der Waals surface area contributed by atoms with Crippen molar-refractivity contribution in [2.75, 3.05) is 13.1 Å². The summed E-state index contributed by atoms with van der Waals surface area (Å²) in [6.45, 7) is 3.75. The number of aliphatic hydroxyl groups is 1. The number of hydrogen-bond acceptors (Lipinski definition) is 2. The van der Waals surface area contributed by atoms with Gasteiger partial charge in [0.25, 0.3) is 0 Å². The topological polar surface area (TPSA) is 32.3 Å². The van der Waals surface area contributed by atoms with E-state index in [1.807, 2.05) is 0 Å². The maximum Gasteiger partial charge on any atom is 0.123 e. The SMILES string of the molecule is CC1(CNCC(O)c2ccc(F)cc2)CCC1. The van der Waals surface area contributed by atoms with Crippen molar-refractivity contribution < 1.29 is 9.50 Å². The molecular weight excluding hydrogens is 217 g/mol. The molecule has 0 bridgehead atoms. The first-order valence-electron chi connectivity index (χ1n) is 6.23. The molecule has 1 unspecified atom stereocenters. The molecule has 17 heavy (non-hydrogen) atoms. The van der Waals surface area contributed by atoms with Crippen molar-refractivity contribution in [1.29, 1.82) is 0 Å². The van der Waals surface area contributed by atoms with Crippen LogP contribution in [0.25, 0.3) is 0 Å². The van der Waals surface area contributed by atoms with Gasteiger partial charge in [0, 0.05) is 13.1 Å². The van der Waals surface area contributed by atoms with Gasteiger partial charge in [-0.15, -0.1) is 0 Å². The van der Waals surface area contributed by atoms with Crippen LogP contribution in [0.3, 0.4) is 0 Å². The quantitative estimate of drug-likeness (QED) is 0.825. The average Bonchev–Trinajstić information content (AvgIpc) is 2.27. The Morgan fingerprint density at radius 3 is 2.53 bits per heavy atom. The Bertz CT molecular complexity index is 359. The summed E-state index contributed by atoms with van der Waals surface area (Å²) in [5, 5.41) is 13.2. The van der Waals surface area contributed by atoms with Crippen LogP contribution >= 0.6 is 0 Å². The van der Waals surface area contributed by atoms with Crippen molar-refractivity contribution in [3.63, 3.8) is 0 Å². The molecule has 0 amide bonds. The molecular formula is C14H20FNO. The Morgan fingerprint density at radius 1 is 1.35 bits per heavy atom. The molecule has 0 aromatic heterocycles. The van der Waals surface area contributed by atoms with E-state index >= 15 is 0 Å². The van der Waals surface area contributed by atoms with Crippen molar-refractivity contribution in [1.82, 2.24) is 5.32 Å². The van der Waals surface area contributed by atoms with Crippen LogP contribution < -0.4 is 5.32 Å². The van der Waals surface area contributed by atoms with Crippen LogP contribution in [0.4, 0.5) is 4.39 Å². The number of halogens is 1. The standard InChI is InChI=1S/C14H20FNO/c1-14(7-2-8-14)10-16-9-13(17)11-3-5-12(15)6-4-11/h3-6,13,16-17H,2,7-10H2,1H3. The second-order valence-electron chi connectivity index (χ2n) is 5.36. The summed E-state index contributed by atoms with van der Waals surface area (Å²) in [4.78, 5) is 0. The van der Waals surface area contributed by atoms with Crippen LogP contribution in [0.1, 0.15) is 37.9 Å². The highest BCUT2D eigenvalue weighted by Crippen LogP contribution is 2.39. The highest BCUT2D eigenvalue weighted by Gasteiger charge is 2.31. The number of aliphatic hydroxyl groups excluding tert-OH is 1. The Kier molecular flexibility index (Phi) is 3.79. The second-order valence-corrected chi connectivity index (χ2v) is 5.36. The van der Waals surface area contributed by atoms with E-state index in [1.165, 1.54) is 31.4 Å². The minimum Gasteiger partial charge on any atom is -0.387 e. The van der Waals surface area contributed by atoms with Crippen LogP contribution in [0.15, 0.2) is 24.3 Å². The molecule has 3 heteroatoms. The van der Waals surface area contributed by atoms with E-state index in [2.05, 4.69) is 12.2 Å². The monoisotopic (exact) mass is 237 g/mol. The van der Waals surface area contributed by atoms with E-state index in [0.717, 1.165) is 12.1 Å². The molecule has 0 heterocycles. The fourth-order valence-electron chi connectivity index (χ4n) is 2.27. The minimum absolute atomic E-state index is 0.268. The summed E-state index contributed by atoms with van der Waals surface area (Å²) in [6, 6.07) is 6.02. The van der Waals surface area contributed by atoms with Gasteiger partial charge in [-0.05, 0) is 36.0 Å². The van der Waals surface area contributed by atoms with Crippen LogP contribution in [-0.2, 0) is 0 Å². The van der Waals surface area contributed by atoms with Crippen molar-refractivity contribution in [3.05, 3.63) is 35.6 Å². The highest BCUT2D eigenvalue weighted by molar-refractivity contribution is 5.18. The molecule has 0 aliphatic heterocycles. The number of hydrogen-bond donors (Lipinski definition) is 2. The third-order valence-corrected chi connectivity index (χ3v) is 3.70. The lowest BCUT2D eigenvalue weighted by Gasteiger charge is -2.38. The summed E-state index contributed by atoms with van der Waals surface area (Å²) >= 11 is 0. The number of rotatable bonds is 5. The lowest BCUT2D eigenvalue weighted by Crippen LogP contribution is -2.38. The molecule has 1 atom stereocenters. The van der Waals surface area contributed by atoms with E-state index in [-0.39, 0.29) is 5.82 Å². The van der Waals surface area contributed by atoms with Crippen molar-refractivity contribution in [3.8, 4) is 0 Å². The number of nitrogens with one attached hydrogen (secondary N) is 1. The molecule has 0 radical (unpaired) electrons. The Hall–Kier alpha value is -0.930. The Balaban J connectivity index is 1.77. The lowest BCUT2D eigenvalue weighted by atomic mass is 9.70. The zero-order valence-corrected chi connectivity index (χ0v) is 10.2. The Labute approximate surface area is 102 Å². The van der Waals surface area contributed by atoms with Crippen LogP contribution in [0, 0.1) is 11.2 Å². The van der Waals surface area contributed by atoms with Gasteiger partial charge in [-0.3, -0.25) is 0 Å². The van der Waals surface area contributed by atoms with Crippen molar-refractivity contribution in [2.24, 2.45) is 5.41 Å². The van der Waals surface area contributed by atoms with Crippen molar-refractivity contribution >= 4 is 0 Å². The van der Waals surface area contributed by atoms with Crippen LogP contribution in [0.2, 0.25) is 0 Å². The van der Waals surface area contributed by atoms with Crippen LogP contribution in [0.5, 0.6) is 0 Å². The fraction of sp³-hybridized carbons (Fsp3) is 0.571. The average molecular weight is 237 g/mol. The van der Waals surface area contributed by atoms with E-state index in [1.54, 1.807) is 12.1 Å². The Morgan fingerprint density at radius 2 is 2.00 bits per heavy atom. The predicted molar refractivity (Wildman–Crippen MR) is 66.2 cm³/mol. The third-order valence-electron chi connectivity index (χ3n) is 3.70. The van der Waals surface area contributed by atoms with E-state index in [4.69, 9.17) is 0 Å². The normalized spacial score (nSPS) is 19.7. The van der Waals surface area contributed by atoms with Gasteiger partial charge in [-0.25, -0.2) is 4.39 Å². The second kappa shape index (κ2) is 5.15. The maximum absolute atomic E-state index is 12.7. The van der Waals surface area contributed by atoms with Gasteiger partial charge in [0.2, 0.25) is 0 Å². The number of benzene rings is 1. The first-order valence-corrected chi connectivity index (χ1v) is 6.23. The molecule has 94 valence electrons. The smallest absolute Gasteiger partial charge is 0.123 e. The summed E-state index contributed by atoms with van der Waals surface area (Å²) in [5.74, 6) is -0.268. The zero-order chi connectivity index (χ0) is 12.3. The molecule has 1 aliphatic rings. The maximum atomic E-state index is 12.7. The van der Waals surface area contributed by atoms with Gasteiger partial charge in [0.15, 0.2) is 0 Å². The van der Waals surface area contributed by atoms with Gasteiger partial charge in [-0.2, -0.15) is 0 Å². The molecule has 1 saturated carbocycles. The van der Waals surface area contributed by atoms with Gasteiger partial charge in [0.05, 0.1) is 6.10 Å². The largest absolute Gasteiger partial charge is 0.387 e. The van der Waals surface area contributed by atoms with E-state index in [0.29, 0.717) is 12.0 Å². The molecule has 1 aliphatic carbocycles. The van der Waals surface area contributed by atoms with E-state index < -0.39 is 6.10 Å². The molecule has 2 N–H and O–H groups in total. The van der Waals surface area contributed by atoms with Gasteiger partial charge in [-0.1, -0.05) is 25.5 Å². The zero-order valence-electron chi connectivity index (χ0n) is 10.2. The lowest BCUT2D eigenvalue weighted by molar-refractivity contribution is 0.133. The highest BCUT2D eigenvalue weighted by atomic mass is 19.1. The van der Waals surface area contributed by atoms with Crippen molar-refractivity contribution in [2.45, 2.75) is 32.3 Å². The molecule has 0 spiro atoms. The molecule has 1 aromatic carbocycles. The van der Waals surface area contributed by atoms with E-state index in [9.17, 15) is 9.50 Å². The van der Waals surface area contributed by atoms with Gasteiger partial charge in [0.1, 0.15) is 5.82 Å². The molecule has 2 nitrogen and oxygen atoms in total. The first-order chi connectivity index (χ1) is 8.09. The summed E-state index contributed by atoms with van der Waals surface area (Å²) < 4.78 is 12.7. The predicted octanol–water partition coefficient (Wildman–Crippen LogP) is 2.64.